The molecule has 1 rings (SSSR count). The zero-order chi connectivity index (χ0) is 12.0. The van der Waals surface area contributed by atoms with E-state index in [-0.39, 0.29) is 5.97 Å². The van der Waals surface area contributed by atoms with Gasteiger partial charge in [-0.15, -0.1) is 0 Å². The number of esters is 1. The van der Waals surface area contributed by atoms with Crippen LogP contribution in [0.5, 0.6) is 0 Å². The molecule has 0 radical (unpaired) electrons. The molecule has 16 heavy (non-hydrogen) atoms. The van der Waals surface area contributed by atoms with Crippen molar-refractivity contribution in [2.24, 2.45) is 0 Å². The van der Waals surface area contributed by atoms with Crippen LogP contribution in [0.4, 0.5) is 0 Å². The molecule has 0 aliphatic heterocycles. The number of ether oxygens (including phenoxy) is 1. The number of nitrogens with one attached hydrogen (secondary N) is 1. The summed E-state index contributed by atoms with van der Waals surface area (Å²) in [5, 5.41) is 2.99. The van der Waals surface area contributed by atoms with Crippen molar-refractivity contribution in [1.29, 1.82) is 0 Å². The second kappa shape index (κ2) is 6.17. The maximum Gasteiger partial charge on any atom is 0.325 e. The first-order valence-corrected chi connectivity index (χ1v) is 6.55. The van der Waals surface area contributed by atoms with Crippen LogP contribution in [0, 0.1) is 0 Å². The number of likely N-dealkylation sites (N-methyl/N-ethyl adjacent to an activating group) is 1. The van der Waals surface area contributed by atoms with E-state index in [0.29, 0.717) is 6.42 Å². The van der Waals surface area contributed by atoms with Crippen LogP contribution >= 0.6 is 23.3 Å². The first-order chi connectivity index (χ1) is 7.62. The Balaban J connectivity index is 2.42. The summed E-state index contributed by atoms with van der Waals surface area (Å²) in [6.07, 6.45) is 2.21. The smallest absolute Gasteiger partial charge is 0.325 e. The fourth-order valence-corrected chi connectivity index (χ4v) is 2.80. The molecule has 1 heterocycles. The highest BCUT2D eigenvalue weighted by molar-refractivity contribution is 8.00. The third-order valence-electron chi connectivity index (χ3n) is 2.36. The van der Waals surface area contributed by atoms with Gasteiger partial charge in [0.25, 0.3) is 0 Å². The molecule has 0 aromatic carbocycles. The third kappa shape index (κ3) is 3.43. The Bertz CT molecular complexity index is 332. The third-order valence-corrected chi connectivity index (χ3v) is 4.16. The lowest BCUT2D eigenvalue weighted by Gasteiger charge is -2.25. The molecule has 1 N–H and O–H groups in total. The van der Waals surface area contributed by atoms with E-state index in [2.05, 4.69) is 14.7 Å². The Labute approximate surface area is 103 Å². The first kappa shape index (κ1) is 13.4. The zero-order valence-corrected chi connectivity index (χ0v) is 11.2. The average Bonchev–Trinajstić information content (AvgIpc) is 2.80. The van der Waals surface area contributed by atoms with E-state index in [9.17, 15) is 4.79 Å². The van der Waals surface area contributed by atoms with Crippen molar-refractivity contribution in [3.63, 3.8) is 0 Å². The van der Waals surface area contributed by atoms with Gasteiger partial charge < -0.3 is 10.1 Å². The van der Waals surface area contributed by atoms with E-state index in [0.717, 1.165) is 10.1 Å². The van der Waals surface area contributed by atoms with E-state index in [1.54, 1.807) is 18.8 Å². The highest BCUT2D eigenvalue weighted by Gasteiger charge is 2.31. The number of nitrogens with zero attached hydrogens (tertiary/aromatic N) is 2. The second-order valence-corrected chi connectivity index (χ2v) is 5.50. The minimum Gasteiger partial charge on any atom is -0.468 e. The van der Waals surface area contributed by atoms with Crippen molar-refractivity contribution in [1.82, 2.24) is 14.7 Å². The van der Waals surface area contributed by atoms with Gasteiger partial charge in [-0.2, -0.15) is 4.37 Å². The molecule has 0 amide bonds. The van der Waals surface area contributed by atoms with Crippen LogP contribution < -0.4 is 5.32 Å². The largest absolute Gasteiger partial charge is 0.468 e. The van der Waals surface area contributed by atoms with Crippen LogP contribution in [0.3, 0.4) is 0 Å². The first-order valence-electron chi connectivity index (χ1n) is 4.79. The number of hydrogen-bond acceptors (Lipinski definition) is 7. The predicted octanol–water partition coefficient (Wildman–Crippen LogP) is 1.17. The molecule has 7 heteroatoms. The molecule has 0 aliphatic rings. The van der Waals surface area contributed by atoms with Gasteiger partial charge in [0, 0.05) is 5.75 Å². The van der Waals surface area contributed by atoms with Gasteiger partial charge in [-0.25, -0.2) is 4.98 Å². The predicted molar refractivity (Wildman–Crippen MR) is 64.7 cm³/mol. The van der Waals surface area contributed by atoms with Crippen molar-refractivity contribution >= 4 is 29.3 Å². The van der Waals surface area contributed by atoms with Gasteiger partial charge in [-0.3, -0.25) is 4.79 Å². The van der Waals surface area contributed by atoms with Gasteiger partial charge in [-0.1, -0.05) is 11.8 Å². The molecule has 0 saturated heterocycles. The van der Waals surface area contributed by atoms with E-state index in [1.165, 1.54) is 25.0 Å². The average molecular weight is 261 g/mol. The van der Waals surface area contributed by atoms with Gasteiger partial charge >= 0.3 is 5.97 Å². The molecule has 0 spiro atoms. The van der Waals surface area contributed by atoms with E-state index < -0.39 is 5.54 Å². The molecule has 90 valence electrons. The molecule has 0 fully saturated rings. The van der Waals surface area contributed by atoms with Gasteiger partial charge in [0.1, 0.15) is 11.9 Å². The number of hydrogen-bond donors (Lipinski definition) is 1. The van der Waals surface area contributed by atoms with Crippen LogP contribution in [-0.4, -0.2) is 40.8 Å². The van der Waals surface area contributed by atoms with Crippen LogP contribution in [0.1, 0.15) is 13.3 Å². The normalized spacial score (nSPS) is 14.4. The number of thioether (sulfide) groups is 1. The summed E-state index contributed by atoms with van der Waals surface area (Å²) in [5.41, 5.74) is -0.633. The molecule has 1 aromatic rings. The highest BCUT2D eigenvalue weighted by atomic mass is 32.2. The maximum absolute atomic E-state index is 11.5. The highest BCUT2D eigenvalue weighted by Crippen LogP contribution is 2.22. The van der Waals surface area contributed by atoms with Gasteiger partial charge in [-0.05, 0) is 31.9 Å². The molecule has 0 aliphatic carbocycles. The van der Waals surface area contributed by atoms with Crippen LogP contribution in [0.2, 0.25) is 0 Å². The van der Waals surface area contributed by atoms with Crippen LogP contribution in [-0.2, 0) is 9.53 Å². The monoisotopic (exact) mass is 261 g/mol. The minimum atomic E-state index is -0.633. The molecular formula is C9H15N3O2S2. The van der Waals surface area contributed by atoms with Gasteiger partial charge in [0.2, 0.25) is 0 Å². The van der Waals surface area contributed by atoms with E-state index >= 15 is 0 Å². The fraction of sp³-hybridized carbons (Fsp3) is 0.667. The molecular weight excluding hydrogens is 246 g/mol. The summed E-state index contributed by atoms with van der Waals surface area (Å²) in [7, 11) is 3.16. The molecule has 5 nitrogen and oxygen atoms in total. The summed E-state index contributed by atoms with van der Waals surface area (Å²) in [6.45, 7) is 1.83. The zero-order valence-electron chi connectivity index (χ0n) is 9.52. The minimum absolute atomic E-state index is 0.243. The molecule has 0 saturated carbocycles. The number of methoxy groups -OCH3 is 1. The maximum atomic E-state index is 11.5. The number of aromatic nitrogens is 2. The lowest BCUT2D eigenvalue weighted by Crippen LogP contribution is -2.48. The van der Waals surface area contributed by atoms with Crippen molar-refractivity contribution in [2.75, 3.05) is 19.9 Å². The SMILES string of the molecule is CNC(C)(CCSc1ncns1)C(=O)OC. The quantitative estimate of drug-likeness (QED) is 0.612. The molecule has 0 bridgehead atoms. The Morgan fingerprint density at radius 2 is 2.50 bits per heavy atom. The summed E-state index contributed by atoms with van der Waals surface area (Å²) >= 11 is 2.95. The number of carbonyl (C=O) groups is 1. The summed E-state index contributed by atoms with van der Waals surface area (Å²) in [6, 6.07) is 0. The van der Waals surface area contributed by atoms with Crippen molar-refractivity contribution in [3.05, 3.63) is 6.33 Å². The molecule has 1 unspecified atom stereocenters. The van der Waals surface area contributed by atoms with Crippen molar-refractivity contribution < 1.29 is 9.53 Å². The van der Waals surface area contributed by atoms with Crippen molar-refractivity contribution in [2.45, 2.75) is 23.2 Å². The molecule has 1 atom stereocenters. The number of rotatable bonds is 6. The lowest BCUT2D eigenvalue weighted by molar-refractivity contribution is -0.147. The van der Waals surface area contributed by atoms with Gasteiger partial charge in [0.15, 0.2) is 4.34 Å². The number of carbonyl (C=O) groups excluding carboxylic acids is 1. The Morgan fingerprint density at radius 3 is 3.00 bits per heavy atom. The van der Waals surface area contributed by atoms with E-state index in [1.807, 2.05) is 6.92 Å². The summed E-state index contributed by atoms with van der Waals surface area (Å²) in [4.78, 5) is 15.6. The Morgan fingerprint density at radius 1 is 1.75 bits per heavy atom. The Hall–Kier alpha value is -0.660. The van der Waals surface area contributed by atoms with Crippen LogP contribution in [0.15, 0.2) is 10.7 Å². The summed E-state index contributed by atoms with van der Waals surface area (Å²) < 4.78 is 9.59. The summed E-state index contributed by atoms with van der Waals surface area (Å²) in [5.74, 6) is 0.551. The van der Waals surface area contributed by atoms with Gasteiger partial charge in [0.05, 0.1) is 7.11 Å². The second-order valence-electron chi connectivity index (χ2n) is 3.38. The van der Waals surface area contributed by atoms with Crippen LogP contribution in [0.25, 0.3) is 0 Å². The molecule has 1 aromatic heterocycles. The van der Waals surface area contributed by atoms with Crippen molar-refractivity contribution in [3.8, 4) is 0 Å². The van der Waals surface area contributed by atoms with E-state index in [4.69, 9.17) is 4.74 Å². The topological polar surface area (TPSA) is 64.1 Å². The standard InChI is InChI=1S/C9H15N3O2S2/c1-9(10-2,7(13)14-3)4-5-15-8-11-6-12-16-8/h6,10H,4-5H2,1-3H3. The lowest BCUT2D eigenvalue weighted by atomic mass is 10.00. The fourth-order valence-electron chi connectivity index (χ4n) is 1.12. The Kier molecular flexibility index (Phi) is 5.17.